The molecule has 0 amide bonds. The fourth-order valence-corrected chi connectivity index (χ4v) is 8.90. The van der Waals surface area contributed by atoms with E-state index in [2.05, 4.69) is 138 Å². The third-order valence-corrected chi connectivity index (χ3v) is 11.9. The van der Waals surface area contributed by atoms with Crippen molar-refractivity contribution in [2.45, 2.75) is 6.42 Å². The number of benzene rings is 8. The van der Waals surface area contributed by atoms with Crippen molar-refractivity contribution >= 4 is 43.7 Å². The van der Waals surface area contributed by atoms with E-state index in [4.69, 9.17) is 24.4 Å². The lowest BCUT2D eigenvalue weighted by atomic mass is 9.93. The van der Waals surface area contributed by atoms with E-state index in [-0.39, 0.29) is 0 Å². The maximum atomic E-state index is 6.50. The van der Waals surface area contributed by atoms with Gasteiger partial charge in [0.25, 0.3) is 0 Å². The molecule has 0 fully saturated rings. The number of furan rings is 1. The van der Waals surface area contributed by atoms with Gasteiger partial charge in [0.15, 0.2) is 11.6 Å². The first-order chi connectivity index (χ1) is 31.2. The van der Waals surface area contributed by atoms with Gasteiger partial charge in [0.1, 0.15) is 22.8 Å². The summed E-state index contributed by atoms with van der Waals surface area (Å²) in [4.78, 5) is 20.8. The maximum absolute atomic E-state index is 6.50. The molecule has 12 aromatic rings. The first-order valence-electron chi connectivity index (χ1n) is 21.2. The molecule has 0 saturated carbocycles. The highest BCUT2D eigenvalue weighted by atomic mass is 16.3. The van der Waals surface area contributed by atoms with Crippen LogP contribution in [-0.4, -0.2) is 24.5 Å². The third-order valence-electron chi connectivity index (χ3n) is 11.9. The highest BCUT2D eigenvalue weighted by Crippen LogP contribution is 2.40. The first-order valence-corrected chi connectivity index (χ1v) is 21.2. The Morgan fingerprint density at radius 3 is 1.51 bits per heavy atom. The molecule has 0 unspecified atom stereocenters. The van der Waals surface area contributed by atoms with Crippen molar-refractivity contribution in [3.8, 4) is 62.0 Å². The normalized spacial score (nSPS) is 11.6. The topological polar surface area (TPSA) is 69.6 Å². The molecule has 4 heterocycles. The zero-order valence-corrected chi connectivity index (χ0v) is 34.1. The first kappa shape index (κ1) is 36.4. The summed E-state index contributed by atoms with van der Waals surface area (Å²) in [5, 5.41) is 4.45. The van der Waals surface area contributed by atoms with Gasteiger partial charge >= 0.3 is 0 Å². The van der Waals surface area contributed by atoms with Crippen molar-refractivity contribution in [3.63, 3.8) is 0 Å². The molecule has 63 heavy (non-hydrogen) atoms. The van der Waals surface area contributed by atoms with E-state index < -0.39 is 0 Å². The number of para-hydroxylation sites is 2. The number of nitrogens with zero attached hydrogens (tertiary/aromatic N) is 5. The Balaban J connectivity index is 1.11. The lowest BCUT2D eigenvalue weighted by molar-refractivity contribution is 0.669. The Morgan fingerprint density at radius 1 is 0.365 bits per heavy atom. The molecule has 12 rings (SSSR count). The van der Waals surface area contributed by atoms with Gasteiger partial charge in [-0.05, 0) is 70.3 Å². The van der Waals surface area contributed by atoms with Crippen molar-refractivity contribution in [2.75, 3.05) is 0 Å². The summed E-state index contributed by atoms with van der Waals surface area (Å²) in [6.45, 7) is 0. The molecule has 0 spiro atoms. The van der Waals surface area contributed by atoms with Crippen LogP contribution in [0.2, 0.25) is 0 Å². The van der Waals surface area contributed by atoms with E-state index in [0.717, 1.165) is 99.6 Å². The molecule has 0 atom stereocenters. The summed E-state index contributed by atoms with van der Waals surface area (Å²) < 4.78 is 8.78. The van der Waals surface area contributed by atoms with Crippen LogP contribution in [0.1, 0.15) is 11.4 Å². The average molecular weight is 808 g/mol. The van der Waals surface area contributed by atoms with E-state index >= 15 is 0 Å². The number of fused-ring (bicyclic) bond motifs is 6. The van der Waals surface area contributed by atoms with Gasteiger partial charge in [-0.25, -0.2) is 19.9 Å². The summed E-state index contributed by atoms with van der Waals surface area (Å²) in [5.74, 6) is 2.69. The second-order valence-electron chi connectivity index (χ2n) is 15.9. The Labute approximate surface area is 363 Å². The maximum Gasteiger partial charge on any atom is 0.163 e. The van der Waals surface area contributed by atoms with E-state index in [1.54, 1.807) is 0 Å². The number of hydrogen-bond acceptors (Lipinski definition) is 5. The minimum Gasteiger partial charge on any atom is -0.456 e. The predicted molar refractivity (Wildman–Crippen MR) is 256 cm³/mol. The molecule has 0 saturated heterocycles. The molecule has 0 N–H and O–H groups in total. The van der Waals surface area contributed by atoms with Gasteiger partial charge in [-0.15, -0.1) is 0 Å². The zero-order chi connectivity index (χ0) is 41.7. The van der Waals surface area contributed by atoms with E-state index in [1.165, 1.54) is 0 Å². The third kappa shape index (κ3) is 6.62. The molecule has 0 aliphatic carbocycles. The van der Waals surface area contributed by atoms with E-state index in [9.17, 15) is 0 Å². The van der Waals surface area contributed by atoms with Crippen LogP contribution < -0.4 is 0 Å². The van der Waals surface area contributed by atoms with Crippen LogP contribution in [0.25, 0.3) is 106 Å². The Morgan fingerprint density at radius 2 is 0.889 bits per heavy atom. The minimum absolute atomic E-state index is 0.392. The second kappa shape index (κ2) is 15.2. The Bertz CT molecular complexity index is 3520. The van der Waals surface area contributed by atoms with Crippen molar-refractivity contribution in [3.05, 3.63) is 224 Å². The molecule has 0 aliphatic heterocycles. The van der Waals surface area contributed by atoms with Crippen LogP contribution in [0.3, 0.4) is 0 Å². The van der Waals surface area contributed by atoms with Gasteiger partial charge in [0.05, 0.1) is 11.0 Å². The van der Waals surface area contributed by atoms with Gasteiger partial charge in [-0.3, -0.25) is 4.57 Å². The number of aromatic nitrogens is 5. The van der Waals surface area contributed by atoms with Gasteiger partial charge in [-0.2, -0.15) is 0 Å². The highest BCUT2D eigenvalue weighted by Gasteiger charge is 2.21. The number of pyridine rings is 1. The van der Waals surface area contributed by atoms with Crippen LogP contribution in [0, 0.1) is 0 Å². The summed E-state index contributed by atoms with van der Waals surface area (Å²) in [5.41, 5.74) is 13.2. The summed E-state index contributed by atoms with van der Waals surface area (Å²) in [6.07, 6.45) is 2.40. The van der Waals surface area contributed by atoms with Crippen LogP contribution in [-0.2, 0) is 6.42 Å². The highest BCUT2D eigenvalue weighted by molar-refractivity contribution is 6.17. The predicted octanol–water partition coefficient (Wildman–Crippen LogP) is 14.2. The minimum atomic E-state index is 0.392. The van der Waals surface area contributed by atoms with Gasteiger partial charge < -0.3 is 4.42 Å². The van der Waals surface area contributed by atoms with Gasteiger partial charge in [0, 0.05) is 62.5 Å². The number of rotatable bonds is 8. The molecule has 6 heteroatoms. The Kier molecular flexibility index (Phi) is 8.78. The largest absolute Gasteiger partial charge is 0.456 e. The Hall–Kier alpha value is -8.48. The van der Waals surface area contributed by atoms with Crippen LogP contribution >= 0.6 is 0 Å². The fourth-order valence-electron chi connectivity index (χ4n) is 8.90. The van der Waals surface area contributed by atoms with Crippen LogP contribution in [0.5, 0.6) is 0 Å². The van der Waals surface area contributed by atoms with E-state index in [1.807, 2.05) is 79.0 Å². The molecule has 0 aliphatic rings. The van der Waals surface area contributed by atoms with Crippen LogP contribution in [0.4, 0.5) is 0 Å². The average Bonchev–Trinajstić information content (AvgIpc) is 3.88. The summed E-state index contributed by atoms with van der Waals surface area (Å²) in [7, 11) is 0. The smallest absolute Gasteiger partial charge is 0.163 e. The van der Waals surface area contributed by atoms with Crippen LogP contribution in [0.15, 0.2) is 217 Å². The van der Waals surface area contributed by atoms with Gasteiger partial charge in [0.2, 0.25) is 0 Å². The summed E-state index contributed by atoms with van der Waals surface area (Å²) in [6, 6.07) is 71.7. The van der Waals surface area contributed by atoms with E-state index in [0.29, 0.717) is 23.9 Å². The van der Waals surface area contributed by atoms with Gasteiger partial charge in [-0.1, -0.05) is 158 Å². The zero-order valence-electron chi connectivity index (χ0n) is 34.1. The SMILES string of the molecule is c1ccc(-c2cc(-c3ccccc3)cc(-c3cnc(-n4c5ccccc5c5cc6c(cc54)oc4ccccc46)c(Cc4nc(-c5ccccc5)nc(-c5ccccc5)n4)c3)c2)cc1. The molecule has 0 bridgehead atoms. The lowest BCUT2D eigenvalue weighted by Gasteiger charge is -2.16. The molecular weight excluding hydrogens is 771 g/mol. The quantitative estimate of drug-likeness (QED) is 0.153. The molecule has 6 nitrogen and oxygen atoms in total. The molecule has 0 radical (unpaired) electrons. The lowest BCUT2D eigenvalue weighted by Crippen LogP contribution is -2.08. The molecule has 296 valence electrons. The van der Waals surface area contributed by atoms with Crippen molar-refractivity contribution in [1.29, 1.82) is 0 Å². The molecule has 4 aromatic heterocycles. The second-order valence-corrected chi connectivity index (χ2v) is 15.9. The van der Waals surface area contributed by atoms with Crippen molar-refractivity contribution < 1.29 is 4.42 Å². The number of hydrogen-bond donors (Lipinski definition) is 0. The monoisotopic (exact) mass is 807 g/mol. The standard InChI is InChI=1S/C57H37N5O/c1-5-17-37(18-6-1)41-29-42(38-19-7-2-8-20-38)31-43(30-41)45-32-44(33-54-59-55(39-21-9-3-10-22-39)61-56(60-54)40-23-11-4-12-24-40)57(58-36-45)62-50-27-15-13-25-46(50)48-34-49-47-26-14-16-28-52(47)63-53(49)35-51(48)62/h1-32,34-36H,33H2. The molecular formula is C57H37N5O. The fraction of sp³-hybridized carbons (Fsp3) is 0.0175. The summed E-state index contributed by atoms with van der Waals surface area (Å²) >= 11 is 0. The van der Waals surface area contributed by atoms with Crippen molar-refractivity contribution in [1.82, 2.24) is 24.5 Å². The molecule has 8 aromatic carbocycles. The van der Waals surface area contributed by atoms with Crippen molar-refractivity contribution in [2.24, 2.45) is 0 Å².